The summed E-state index contributed by atoms with van der Waals surface area (Å²) < 4.78 is 25.4. The Morgan fingerprint density at radius 3 is 2.65 bits per heavy atom. The van der Waals surface area contributed by atoms with E-state index in [0.29, 0.717) is 19.6 Å². The molecule has 0 aromatic heterocycles. The molecule has 0 aliphatic carbocycles. The van der Waals surface area contributed by atoms with Crippen molar-refractivity contribution in [3.63, 3.8) is 0 Å². The monoisotopic (exact) mass is 476 g/mol. The number of hydrogen-bond donors (Lipinski definition) is 1. The largest absolute Gasteiger partial charge is 0.357 e. The van der Waals surface area contributed by atoms with Gasteiger partial charge in [0, 0.05) is 43.2 Å². The van der Waals surface area contributed by atoms with Crippen molar-refractivity contribution < 1.29 is 8.42 Å². The lowest BCUT2D eigenvalue weighted by atomic mass is 10.2. The van der Waals surface area contributed by atoms with Crippen LogP contribution in [-0.4, -0.2) is 79.1 Å². The second-order valence-corrected chi connectivity index (χ2v) is 10.2. The number of guanidine groups is 1. The molecule has 0 spiro atoms. The topological polar surface area (TPSA) is 65.0 Å². The van der Waals surface area contributed by atoms with Crippen molar-refractivity contribution in [1.82, 2.24) is 14.5 Å². The van der Waals surface area contributed by atoms with Crippen LogP contribution in [0, 0.1) is 0 Å². The summed E-state index contributed by atoms with van der Waals surface area (Å²) in [5.74, 6) is 2.29. The molecule has 0 unspecified atom stereocenters. The number of nitrogens with zero attached hydrogens (tertiary/aromatic N) is 3. The molecule has 0 bridgehead atoms. The summed E-state index contributed by atoms with van der Waals surface area (Å²) in [4.78, 5) is 6.94. The zero-order chi connectivity index (χ0) is 16.2. The summed E-state index contributed by atoms with van der Waals surface area (Å²) in [5, 5.41) is 3.33. The normalized spacial score (nSPS) is 24.3. The fourth-order valence-electron chi connectivity index (χ4n) is 2.83. The van der Waals surface area contributed by atoms with Gasteiger partial charge in [0.1, 0.15) is 0 Å². The van der Waals surface area contributed by atoms with Crippen LogP contribution in [0.1, 0.15) is 27.2 Å². The van der Waals surface area contributed by atoms with Crippen molar-refractivity contribution in [2.24, 2.45) is 4.99 Å². The predicted molar refractivity (Wildman–Crippen MR) is 109 cm³/mol. The summed E-state index contributed by atoms with van der Waals surface area (Å²) in [6.07, 6.45) is 0.740. The Morgan fingerprint density at radius 1 is 1.35 bits per heavy atom. The Morgan fingerprint density at radius 2 is 2.09 bits per heavy atom. The summed E-state index contributed by atoms with van der Waals surface area (Å²) >= 11 is 1.99. The van der Waals surface area contributed by atoms with E-state index in [0.717, 1.165) is 37.8 Å². The van der Waals surface area contributed by atoms with Gasteiger partial charge in [-0.05, 0) is 27.2 Å². The molecule has 0 amide bonds. The lowest BCUT2D eigenvalue weighted by Gasteiger charge is -2.39. The van der Waals surface area contributed by atoms with Crippen molar-refractivity contribution in [3.8, 4) is 0 Å². The molecule has 6 nitrogen and oxygen atoms in total. The van der Waals surface area contributed by atoms with E-state index in [1.54, 1.807) is 4.31 Å². The fraction of sp³-hybridized carbons (Fsp3) is 0.929. The predicted octanol–water partition coefficient (Wildman–Crippen LogP) is 1.43. The van der Waals surface area contributed by atoms with Crippen LogP contribution in [0.5, 0.6) is 0 Å². The van der Waals surface area contributed by atoms with E-state index in [2.05, 4.69) is 36.0 Å². The van der Waals surface area contributed by atoms with Crippen LogP contribution in [0.2, 0.25) is 0 Å². The van der Waals surface area contributed by atoms with Crippen LogP contribution in [0.4, 0.5) is 0 Å². The van der Waals surface area contributed by atoms with Gasteiger partial charge in [-0.1, -0.05) is 0 Å². The number of rotatable bonds is 4. The molecular formula is C14H29IN4O2S2. The van der Waals surface area contributed by atoms with Gasteiger partial charge in [0.2, 0.25) is 10.0 Å². The number of sulfonamides is 1. The van der Waals surface area contributed by atoms with E-state index in [4.69, 9.17) is 0 Å². The maximum Gasteiger partial charge on any atom is 0.214 e. The Kier molecular flexibility index (Phi) is 8.42. The molecular weight excluding hydrogens is 447 g/mol. The van der Waals surface area contributed by atoms with Crippen LogP contribution >= 0.6 is 35.7 Å². The van der Waals surface area contributed by atoms with E-state index in [9.17, 15) is 8.42 Å². The number of nitrogens with one attached hydrogen (secondary N) is 1. The highest BCUT2D eigenvalue weighted by atomic mass is 127. The van der Waals surface area contributed by atoms with Gasteiger partial charge in [0.05, 0.1) is 12.3 Å². The molecule has 2 saturated heterocycles. The van der Waals surface area contributed by atoms with E-state index in [1.165, 1.54) is 0 Å². The molecule has 2 fully saturated rings. The van der Waals surface area contributed by atoms with Gasteiger partial charge in [-0.2, -0.15) is 11.8 Å². The average molecular weight is 476 g/mol. The summed E-state index contributed by atoms with van der Waals surface area (Å²) in [7, 11) is -3.01. The van der Waals surface area contributed by atoms with Gasteiger partial charge in [0.15, 0.2) is 5.96 Å². The molecule has 1 N–H and O–H groups in total. The highest BCUT2D eigenvalue weighted by Crippen LogP contribution is 2.29. The molecule has 2 heterocycles. The van der Waals surface area contributed by atoms with Gasteiger partial charge >= 0.3 is 0 Å². The van der Waals surface area contributed by atoms with Gasteiger partial charge in [-0.3, -0.25) is 4.99 Å². The number of aliphatic imine (C=N–C) groups is 1. The molecule has 0 saturated carbocycles. The van der Waals surface area contributed by atoms with Crippen molar-refractivity contribution in [3.05, 3.63) is 0 Å². The fourth-order valence-corrected chi connectivity index (χ4v) is 5.46. The Balaban J connectivity index is 0.00000264. The van der Waals surface area contributed by atoms with Gasteiger partial charge in [-0.15, -0.1) is 24.0 Å². The highest BCUT2D eigenvalue weighted by Gasteiger charge is 2.29. The van der Waals surface area contributed by atoms with Crippen LogP contribution in [0.15, 0.2) is 4.99 Å². The minimum absolute atomic E-state index is 0. The van der Waals surface area contributed by atoms with Crippen molar-refractivity contribution in [2.75, 3.05) is 50.8 Å². The van der Waals surface area contributed by atoms with Crippen molar-refractivity contribution in [2.45, 2.75) is 31.9 Å². The van der Waals surface area contributed by atoms with Gasteiger partial charge < -0.3 is 10.2 Å². The Bertz CT molecular complexity index is 511. The zero-order valence-corrected chi connectivity index (χ0v) is 18.2. The molecule has 0 atom stereocenters. The van der Waals surface area contributed by atoms with Crippen molar-refractivity contribution >= 4 is 51.7 Å². The van der Waals surface area contributed by atoms with Gasteiger partial charge in [0.25, 0.3) is 0 Å². The number of hydrogen-bond acceptors (Lipinski definition) is 4. The standard InChI is InChI=1S/C14H28N4O2S2.HI/c1-4-15-13(17-9-10-21-14(2,3)12-17)16-6-8-18-7-5-11-22(18,19)20;/h4-12H2,1-3H3,(H,15,16);1H. The maximum atomic E-state index is 11.8. The smallest absolute Gasteiger partial charge is 0.214 e. The highest BCUT2D eigenvalue weighted by molar-refractivity contribution is 14.0. The zero-order valence-electron chi connectivity index (χ0n) is 14.2. The number of thioether (sulfide) groups is 1. The van der Waals surface area contributed by atoms with Crippen LogP contribution in [0.25, 0.3) is 0 Å². The second kappa shape index (κ2) is 9.10. The van der Waals surface area contributed by atoms with E-state index < -0.39 is 10.0 Å². The maximum absolute atomic E-state index is 11.8. The molecule has 9 heteroatoms. The quantitative estimate of drug-likeness (QED) is 0.378. The molecule has 2 aliphatic heterocycles. The lowest BCUT2D eigenvalue weighted by Crippen LogP contribution is -2.51. The molecule has 2 aliphatic rings. The summed E-state index contributed by atoms with van der Waals surface area (Å²) in [5.41, 5.74) is 0. The molecule has 23 heavy (non-hydrogen) atoms. The first-order chi connectivity index (χ1) is 10.3. The molecule has 0 radical (unpaired) electrons. The molecule has 0 aromatic rings. The van der Waals surface area contributed by atoms with E-state index in [-0.39, 0.29) is 34.5 Å². The van der Waals surface area contributed by atoms with Crippen molar-refractivity contribution in [1.29, 1.82) is 0 Å². The first-order valence-electron chi connectivity index (χ1n) is 7.99. The average Bonchev–Trinajstić information content (AvgIpc) is 2.76. The first-order valence-corrected chi connectivity index (χ1v) is 10.6. The molecule has 136 valence electrons. The third kappa shape index (κ3) is 6.24. The van der Waals surface area contributed by atoms with Crippen LogP contribution < -0.4 is 5.32 Å². The second-order valence-electron chi connectivity index (χ2n) is 6.33. The third-order valence-corrected chi connectivity index (χ3v) is 7.13. The minimum atomic E-state index is -3.01. The molecule has 2 rings (SSSR count). The van der Waals surface area contributed by atoms with Crippen LogP contribution in [0.3, 0.4) is 0 Å². The van der Waals surface area contributed by atoms with E-state index in [1.807, 2.05) is 11.8 Å². The third-order valence-electron chi connectivity index (χ3n) is 3.87. The SMILES string of the molecule is CCNC(=NCCN1CCCS1(=O)=O)N1CCSC(C)(C)C1.I. The van der Waals surface area contributed by atoms with Crippen LogP contribution in [-0.2, 0) is 10.0 Å². The summed E-state index contributed by atoms with van der Waals surface area (Å²) in [6, 6.07) is 0. The Labute approximate surface area is 161 Å². The Hall–Kier alpha value is 0.260. The molecule has 0 aromatic carbocycles. The number of halogens is 1. The van der Waals surface area contributed by atoms with E-state index >= 15 is 0 Å². The first kappa shape index (κ1) is 21.3. The lowest BCUT2D eigenvalue weighted by molar-refractivity contribution is 0.374. The van der Waals surface area contributed by atoms with Gasteiger partial charge in [-0.25, -0.2) is 12.7 Å². The minimum Gasteiger partial charge on any atom is -0.357 e. The summed E-state index contributed by atoms with van der Waals surface area (Å²) in [6.45, 7) is 11.0.